The molecule has 0 bridgehead atoms. The first-order chi connectivity index (χ1) is 9.83. The molecular weight excluding hydrogens is 248 g/mol. The lowest BCUT2D eigenvalue weighted by Crippen LogP contribution is -2.41. The highest BCUT2D eigenvalue weighted by atomic mass is 15.2. The second-order valence-electron chi connectivity index (χ2n) is 6.48. The van der Waals surface area contributed by atoms with Crippen molar-refractivity contribution < 1.29 is 0 Å². The zero-order chi connectivity index (χ0) is 13.8. The number of nitrogens with one attached hydrogen (secondary N) is 2. The van der Waals surface area contributed by atoms with E-state index in [9.17, 15) is 0 Å². The molecule has 0 spiro atoms. The fourth-order valence-corrected chi connectivity index (χ4v) is 3.56. The number of aromatic nitrogens is 2. The van der Waals surface area contributed by atoms with Crippen molar-refractivity contribution >= 4 is 0 Å². The van der Waals surface area contributed by atoms with Crippen molar-refractivity contribution in [1.29, 1.82) is 0 Å². The molecule has 4 nitrogen and oxygen atoms in total. The Morgan fingerprint density at radius 1 is 1.15 bits per heavy atom. The molecule has 1 atom stereocenters. The van der Waals surface area contributed by atoms with E-state index in [0.29, 0.717) is 6.04 Å². The van der Waals surface area contributed by atoms with Crippen LogP contribution in [-0.2, 0) is 19.4 Å². The molecule has 1 aliphatic heterocycles. The van der Waals surface area contributed by atoms with Crippen LogP contribution < -0.4 is 5.32 Å². The predicted molar refractivity (Wildman–Crippen MR) is 81.8 cm³/mol. The standard InChI is InChI=1S/C16H28N4/c1-13(12-20-9-5-2-6-10-20)17-11-16-14-7-3-4-8-15(14)18-19-16/h13,17H,2-12H2,1H3,(H,18,19). The zero-order valence-corrected chi connectivity index (χ0v) is 12.7. The summed E-state index contributed by atoms with van der Waals surface area (Å²) in [5.41, 5.74) is 4.14. The normalized spacial score (nSPS) is 21.6. The van der Waals surface area contributed by atoms with E-state index in [-0.39, 0.29) is 0 Å². The van der Waals surface area contributed by atoms with Crippen molar-refractivity contribution in [3.8, 4) is 0 Å². The van der Waals surface area contributed by atoms with E-state index in [0.717, 1.165) is 6.54 Å². The third kappa shape index (κ3) is 3.41. The number of hydrogen-bond donors (Lipinski definition) is 2. The smallest absolute Gasteiger partial charge is 0.0794 e. The summed E-state index contributed by atoms with van der Waals surface area (Å²) >= 11 is 0. The van der Waals surface area contributed by atoms with Crippen molar-refractivity contribution in [3.05, 3.63) is 17.0 Å². The first-order valence-corrected chi connectivity index (χ1v) is 8.33. The summed E-state index contributed by atoms with van der Waals surface area (Å²) in [5, 5.41) is 11.4. The molecular formula is C16H28N4. The third-order valence-corrected chi connectivity index (χ3v) is 4.74. The van der Waals surface area contributed by atoms with Gasteiger partial charge in [0, 0.05) is 24.8 Å². The summed E-state index contributed by atoms with van der Waals surface area (Å²) in [7, 11) is 0. The van der Waals surface area contributed by atoms with E-state index in [1.54, 1.807) is 0 Å². The van der Waals surface area contributed by atoms with Crippen LogP contribution in [0.25, 0.3) is 0 Å². The largest absolute Gasteiger partial charge is 0.307 e. The average molecular weight is 276 g/mol. The lowest BCUT2D eigenvalue weighted by atomic mass is 9.96. The highest BCUT2D eigenvalue weighted by molar-refractivity contribution is 5.27. The number of fused-ring (bicyclic) bond motifs is 1. The van der Waals surface area contributed by atoms with Gasteiger partial charge in [0.05, 0.1) is 5.69 Å². The van der Waals surface area contributed by atoms with Gasteiger partial charge in [0.2, 0.25) is 0 Å². The lowest BCUT2D eigenvalue weighted by Gasteiger charge is -2.29. The van der Waals surface area contributed by atoms with E-state index >= 15 is 0 Å². The Morgan fingerprint density at radius 3 is 2.80 bits per heavy atom. The monoisotopic (exact) mass is 276 g/mol. The first kappa shape index (κ1) is 14.1. The number of H-pyrrole nitrogens is 1. The van der Waals surface area contributed by atoms with Crippen molar-refractivity contribution in [2.45, 2.75) is 64.5 Å². The van der Waals surface area contributed by atoms with Gasteiger partial charge in [0.1, 0.15) is 0 Å². The average Bonchev–Trinajstić information content (AvgIpc) is 2.89. The van der Waals surface area contributed by atoms with Gasteiger partial charge >= 0.3 is 0 Å². The fraction of sp³-hybridized carbons (Fsp3) is 0.812. The summed E-state index contributed by atoms with van der Waals surface area (Å²) in [5.74, 6) is 0. The lowest BCUT2D eigenvalue weighted by molar-refractivity contribution is 0.208. The number of aryl methyl sites for hydroxylation is 1. The minimum absolute atomic E-state index is 0.545. The Morgan fingerprint density at radius 2 is 1.95 bits per heavy atom. The van der Waals surface area contributed by atoms with Gasteiger partial charge < -0.3 is 10.2 Å². The quantitative estimate of drug-likeness (QED) is 0.867. The molecule has 1 aliphatic carbocycles. The second-order valence-corrected chi connectivity index (χ2v) is 6.48. The minimum Gasteiger partial charge on any atom is -0.307 e. The van der Waals surface area contributed by atoms with Gasteiger partial charge in [-0.2, -0.15) is 5.10 Å². The first-order valence-electron chi connectivity index (χ1n) is 8.33. The van der Waals surface area contributed by atoms with E-state index in [1.165, 1.54) is 81.5 Å². The molecule has 4 heteroatoms. The van der Waals surface area contributed by atoms with Gasteiger partial charge in [-0.3, -0.25) is 5.10 Å². The van der Waals surface area contributed by atoms with Crippen LogP contribution in [0.2, 0.25) is 0 Å². The Kier molecular flexibility index (Phi) is 4.73. The van der Waals surface area contributed by atoms with E-state index in [2.05, 4.69) is 27.3 Å². The van der Waals surface area contributed by atoms with Crippen molar-refractivity contribution in [3.63, 3.8) is 0 Å². The summed E-state index contributed by atoms with van der Waals surface area (Å²) in [6.45, 7) is 6.95. The Balaban J connectivity index is 1.47. The number of piperidine rings is 1. The van der Waals surface area contributed by atoms with Crippen LogP contribution in [0.4, 0.5) is 0 Å². The van der Waals surface area contributed by atoms with Crippen molar-refractivity contribution in [2.24, 2.45) is 0 Å². The van der Waals surface area contributed by atoms with Gasteiger partial charge in [0.25, 0.3) is 0 Å². The van der Waals surface area contributed by atoms with Gasteiger partial charge in [-0.15, -0.1) is 0 Å². The van der Waals surface area contributed by atoms with Crippen LogP contribution >= 0.6 is 0 Å². The highest BCUT2D eigenvalue weighted by Gasteiger charge is 2.18. The molecule has 1 fully saturated rings. The van der Waals surface area contributed by atoms with Gasteiger partial charge in [-0.05, 0) is 64.1 Å². The molecule has 0 saturated carbocycles. The van der Waals surface area contributed by atoms with Crippen molar-refractivity contribution in [1.82, 2.24) is 20.4 Å². The van der Waals surface area contributed by atoms with E-state index in [4.69, 9.17) is 0 Å². The number of hydrogen-bond acceptors (Lipinski definition) is 3. The van der Waals surface area contributed by atoms with Gasteiger partial charge in [-0.25, -0.2) is 0 Å². The molecule has 1 aromatic heterocycles. The molecule has 2 heterocycles. The molecule has 0 radical (unpaired) electrons. The number of aromatic amines is 1. The minimum atomic E-state index is 0.545. The third-order valence-electron chi connectivity index (χ3n) is 4.74. The Bertz CT molecular complexity index is 420. The highest BCUT2D eigenvalue weighted by Crippen LogP contribution is 2.22. The Labute approximate surface area is 122 Å². The SMILES string of the molecule is CC(CN1CCCCC1)NCc1n[nH]c2c1CCCC2. The molecule has 20 heavy (non-hydrogen) atoms. The number of nitrogens with zero attached hydrogens (tertiary/aromatic N) is 2. The Hall–Kier alpha value is -0.870. The predicted octanol–water partition coefficient (Wildman–Crippen LogP) is 2.25. The topological polar surface area (TPSA) is 44.0 Å². The zero-order valence-electron chi connectivity index (χ0n) is 12.7. The number of likely N-dealkylation sites (tertiary alicyclic amines) is 1. The van der Waals surface area contributed by atoms with Gasteiger partial charge in [0.15, 0.2) is 0 Å². The van der Waals surface area contributed by atoms with Crippen LogP contribution in [0, 0.1) is 0 Å². The second kappa shape index (κ2) is 6.72. The molecule has 3 rings (SSSR count). The maximum atomic E-state index is 4.52. The molecule has 2 N–H and O–H groups in total. The van der Waals surface area contributed by atoms with Crippen LogP contribution in [0.3, 0.4) is 0 Å². The van der Waals surface area contributed by atoms with Crippen molar-refractivity contribution in [2.75, 3.05) is 19.6 Å². The fourth-order valence-electron chi connectivity index (χ4n) is 3.56. The molecule has 1 unspecified atom stereocenters. The summed E-state index contributed by atoms with van der Waals surface area (Å²) in [6.07, 6.45) is 9.20. The molecule has 1 saturated heterocycles. The molecule has 0 aromatic carbocycles. The van der Waals surface area contributed by atoms with Crippen LogP contribution in [0.1, 0.15) is 56.0 Å². The van der Waals surface area contributed by atoms with Crippen LogP contribution in [0.15, 0.2) is 0 Å². The molecule has 112 valence electrons. The molecule has 2 aliphatic rings. The molecule has 0 amide bonds. The summed E-state index contributed by atoms with van der Waals surface area (Å²) in [6, 6.07) is 0.545. The molecule has 1 aromatic rings. The summed E-state index contributed by atoms with van der Waals surface area (Å²) < 4.78 is 0. The maximum Gasteiger partial charge on any atom is 0.0794 e. The van der Waals surface area contributed by atoms with E-state index in [1.807, 2.05) is 0 Å². The summed E-state index contributed by atoms with van der Waals surface area (Å²) in [4.78, 5) is 2.60. The van der Waals surface area contributed by atoms with Gasteiger partial charge in [-0.1, -0.05) is 6.42 Å². The van der Waals surface area contributed by atoms with Crippen LogP contribution in [0.5, 0.6) is 0 Å². The number of rotatable bonds is 5. The van der Waals surface area contributed by atoms with Crippen LogP contribution in [-0.4, -0.2) is 40.8 Å². The van der Waals surface area contributed by atoms with E-state index < -0.39 is 0 Å². The maximum absolute atomic E-state index is 4.52.